The Bertz CT molecular complexity index is 1250. The van der Waals surface area contributed by atoms with Crippen molar-refractivity contribution in [2.45, 2.75) is 6.42 Å². The van der Waals surface area contributed by atoms with Crippen LogP contribution in [0.4, 0.5) is 0 Å². The number of para-hydroxylation sites is 1. The van der Waals surface area contributed by atoms with E-state index in [1.54, 1.807) is 12.4 Å². The predicted octanol–water partition coefficient (Wildman–Crippen LogP) is 4.71. The molecule has 0 aliphatic heterocycles. The highest BCUT2D eigenvalue weighted by atomic mass is 35.5. The number of hydrogen-bond donors (Lipinski definition) is 0. The first kappa shape index (κ1) is 16.6. The molecule has 3 heterocycles. The SMILES string of the molecule is Clc1ccc2nc(Cc3nnc(-c4cccnc4)o3)n(-c3ccccc3)c2c1. The Balaban J connectivity index is 1.59. The monoisotopic (exact) mass is 387 g/mol. The van der Waals surface area contributed by atoms with Gasteiger partial charge < -0.3 is 4.42 Å². The van der Waals surface area contributed by atoms with Crippen LogP contribution in [0.1, 0.15) is 11.7 Å². The number of fused-ring (bicyclic) bond motifs is 1. The van der Waals surface area contributed by atoms with Crippen molar-refractivity contribution in [1.82, 2.24) is 24.7 Å². The maximum atomic E-state index is 6.23. The topological polar surface area (TPSA) is 69.6 Å². The molecule has 0 radical (unpaired) electrons. The molecule has 0 unspecified atom stereocenters. The molecule has 3 aromatic heterocycles. The summed E-state index contributed by atoms with van der Waals surface area (Å²) in [5, 5.41) is 8.98. The van der Waals surface area contributed by atoms with E-state index in [1.807, 2.05) is 60.7 Å². The molecule has 28 heavy (non-hydrogen) atoms. The predicted molar refractivity (Wildman–Crippen MR) is 106 cm³/mol. The average molecular weight is 388 g/mol. The van der Waals surface area contributed by atoms with E-state index in [4.69, 9.17) is 21.0 Å². The summed E-state index contributed by atoms with van der Waals surface area (Å²) in [6.45, 7) is 0. The van der Waals surface area contributed by atoms with Crippen molar-refractivity contribution in [3.05, 3.63) is 89.8 Å². The van der Waals surface area contributed by atoms with Gasteiger partial charge in [-0.25, -0.2) is 4.98 Å². The normalized spacial score (nSPS) is 11.2. The largest absolute Gasteiger partial charge is 0.420 e. The number of imidazole rings is 1. The molecule has 0 saturated heterocycles. The Morgan fingerprint density at radius 2 is 1.86 bits per heavy atom. The van der Waals surface area contributed by atoms with Gasteiger partial charge in [0.1, 0.15) is 5.82 Å². The van der Waals surface area contributed by atoms with Crippen molar-refractivity contribution in [2.75, 3.05) is 0 Å². The average Bonchev–Trinajstić information content (AvgIpc) is 3.34. The number of rotatable bonds is 4. The smallest absolute Gasteiger partial charge is 0.249 e. The molecule has 0 spiro atoms. The molecular weight excluding hydrogens is 374 g/mol. The highest BCUT2D eigenvalue weighted by molar-refractivity contribution is 6.31. The molecule has 0 aliphatic rings. The van der Waals surface area contributed by atoms with Crippen LogP contribution in [0.15, 0.2) is 77.5 Å². The van der Waals surface area contributed by atoms with Crippen LogP contribution in [0.5, 0.6) is 0 Å². The minimum absolute atomic E-state index is 0.397. The Morgan fingerprint density at radius 3 is 2.68 bits per heavy atom. The fraction of sp³-hybridized carbons (Fsp3) is 0.0476. The summed E-state index contributed by atoms with van der Waals surface area (Å²) in [7, 11) is 0. The first-order valence-electron chi connectivity index (χ1n) is 8.73. The molecule has 6 nitrogen and oxygen atoms in total. The maximum absolute atomic E-state index is 6.23. The summed E-state index contributed by atoms with van der Waals surface area (Å²) in [4.78, 5) is 8.86. The van der Waals surface area contributed by atoms with E-state index in [0.29, 0.717) is 23.2 Å². The molecule has 0 atom stereocenters. The van der Waals surface area contributed by atoms with Crippen LogP contribution in [-0.2, 0) is 6.42 Å². The van der Waals surface area contributed by atoms with Crippen molar-refractivity contribution < 1.29 is 4.42 Å². The van der Waals surface area contributed by atoms with Gasteiger partial charge in [0.25, 0.3) is 0 Å². The van der Waals surface area contributed by atoms with Gasteiger partial charge in [-0.15, -0.1) is 10.2 Å². The molecule has 136 valence electrons. The summed E-state index contributed by atoms with van der Waals surface area (Å²) < 4.78 is 7.91. The second-order valence-corrected chi connectivity index (χ2v) is 6.69. The zero-order chi connectivity index (χ0) is 18.9. The van der Waals surface area contributed by atoms with E-state index in [-0.39, 0.29) is 0 Å². The first-order valence-corrected chi connectivity index (χ1v) is 9.11. The van der Waals surface area contributed by atoms with Crippen LogP contribution in [0.2, 0.25) is 5.02 Å². The van der Waals surface area contributed by atoms with Crippen molar-refractivity contribution >= 4 is 22.6 Å². The molecule has 5 rings (SSSR count). The van der Waals surface area contributed by atoms with Crippen LogP contribution in [-0.4, -0.2) is 24.7 Å². The summed E-state index contributed by atoms with van der Waals surface area (Å²) in [5.74, 6) is 1.72. The fourth-order valence-electron chi connectivity index (χ4n) is 3.15. The molecule has 0 aliphatic carbocycles. The van der Waals surface area contributed by atoms with Crippen LogP contribution >= 0.6 is 11.6 Å². The summed E-state index contributed by atoms with van der Waals surface area (Å²) in [5.41, 5.74) is 3.56. The van der Waals surface area contributed by atoms with Crippen LogP contribution in [0, 0.1) is 0 Å². The number of hydrogen-bond acceptors (Lipinski definition) is 5. The van der Waals surface area contributed by atoms with Gasteiger partial charge in [-0.05, 0) is 42.5 Å². The highest BCUT2D eigenvalue weighted by Crippen LogP contribution is 2.26. The van der Waals surface area contributed by atoms with Crippen molar-refractivity contribution in [2.24, 2.45) is 0 Å². The second kappa shape index (κ2) is 6.90. The van der Waals surface area contributed by atoms with Gasteiger partial charge in [0, 0.05) is 23.1 Å². The van der Waals surface area contributed by atoms with E-state index in [0.717, 1.165) is 28.1 Å². The van der Waals surface area contributed by atoms with E-state index in [2.05, 4.69) is 19.7 Å². The minimum atomic E-state index is 0.397. The highest BCUT2D eigenvalue weighted by Gasteiger charge is 2.17. The van der Waals surface area contributed by atoms with Crippen molar-refractivity contribution in [3.63, 3.8) is 0 Å². The van der Waals surface area contributed by atoms with E-state index in [1.165, 1.54) is 0 Å². The van der Waals surface area contributed by atoms with Crippen LogP contribution in [0.3, 0.4) is 0 Å². The zero-order valence-corrected chi connectivity index (χ0v) is 15.4. The number of pyridine rings is 1. The maximum Gasteiger partial charge on any atom is 0.249 e. The zero-order valence-electron chi connectivity index (χ0n) is 14.7. The molecule has 0 N–H and O–H groups in total. The summed E-state index contributed by atoms with van der Waals surface area (Å²) in [6, 6.07) is 19.4. The Labute approximate surface area is 165 Å². The lowest BCUT2D eigenvalue weighted by Crippen LogP contribution is -2.02. The lowest BCUT2D eigenvalue weighted by molar-refractivity contribution is 0.513. The third-order valence-electron chi connectivity index (χ3n) is 4.39. The Hall–Kier alpha value is -3.51. The third kappa shape index (κ3) is 3.04. The van der Waals surface area contributed by atoms with Gasteiger partial charge in [0.15, 0.2) is 0 Å². The van der Waals surface area contributed by atoms with Gasteiger partial charge >= 0.3 is 0 Å². The Morgan fingerprint density at radius 1 is 0.964 bits per heavy atom. The fourth-order valence-corrected chi connectivity index (χ4v) is 3.31. The molecule has 7 heteroatoms. The van der Waals surface area contributed by atoms with Gasteiger partial charge in [-0.2, -0.15) is 0 Å². The Kier molecular flexibility index (Phi) is 4.10. The lowest BCUT2D eigenvalue weighted by Gasteiger charge is -2.08. The summed E-state index contributed by atoms with van der Waals surface area (Å²) >= 11 is 6.23. The molecular formula is C21H14ClN5O. The number of nitrogens with zero attached hydrogens (tertiary/aromatic N) is 5. The number of halogens is 1. The second-order valence-electron chi connectivity index (χ2n) is 6.25. The summed E-state index contributed by atoms with van der Waals surface area (Å²) in [6.07, 6.45) is 3.79. The van der Waals surface area contributed by atoms with Gasteiger partial charge in [0.2, 0.25) is 11.8 Å². The third-order valence-corrected chi connectivity index (χ3v) is 4.62. The lowest BCUT2D eigenvalue weighted by atomic mass is 10.2. The standard InChI is InChI=1S/C21H14ClN5O/c22-15-8-9-17-18(11-15)27(16-6-2-1-3-7-16)19(24-17)12-20-25-26-21(28-20)14-5-4-10-23-13-14/h1-11,13H,12H2. The minimum Gasteiger partial charge on any atom is -0.420 e. The molecule has 5 aromatic rings. The molecule has 0 bridgehead atoms. The van der Waals surface area contributed by atoms with Gasteiger partial charge in [-0.3, -0.25) is 9.55 Å². The van der Waals surface area contributed by atoms with E-state index in [9.17, 15) is 0 Å². The van der Waals surface area contributed by atoms with Crippen molar-refractivity contribution in [1.29, 1.82) is 0 Å². The molecule has 0 amide bonds. The van der Waals surface area contributed by atoms with Crippen LogP contribution < -0.4 is 0 Å². The molecule has 0 saturated carbocycles. The van der Waals surface area contributed by atoms with Gasteiger partial charge in [-0.1, -0.05) is 29.8 Å². The van der Waals surface area contributed by atoms with Crippen LogP contribution in [0.25, 0.3) is 28.2 Å². The number of benzene rings is 2. The van der Waals surface area contributed by atoms with Gasteiger partial charge in [0.05, 0.1) is 23.0 Å². The molecule has 2 aromatic carbocycles. The quantitative estimate of drug-likeness (QED) is 0.446. The number of aromatic nitrogens is 5. The first-order chi connectivity index (χ1) is 13.8. The van der Waals surface area contributed by atoms with E-state index < -0.39 is 0 Å². The molecule has 0 fully saturated rings. The van der Waals surface area contributed by atoms with Crippen molar-refractivity contribution in [3.8, 4) is 17.1 Å². The van der Waals surface area contributed by atoms with E-state index >= 15 is 0 Å².